The molecule has 1 aliphatic heterocycles. The molecule has 1 atom stereocenters. The Bertz CT molecular complexity index is 1020. The number of amides is 1. The molecule has 2 aromatic carbocycles. The van der Waals surface area contributed by atoms with Crippen molar-refractivity contribution in [1.82, 2.24) is 10.1 Å². The van der Waals surface area contributed by atoms with Gasteiger partial charge in [-0.1, -0.05) is 11.2 Å². The summed E-state index contributed by atoms with van der Waals surface area (Å²) in [6, 6.07) is 11.7. The highest BCUT2D eigenvalue weighted by molar-refractivity contribution is 5.96. The molecular weight excluding hydrogens is 365 g/mol. The summed E-state index contributed by atoms with van der Waals surface area (Å²) in [6.07, 6.45) is 0.227. The van der Waals surface area contributed by atoms with Gasteiger partial charge >= 0.3 is 0 Å². The summed E-state index contributed by atoms with van der Waals surface area (Å²) in [5.74, 6) is 0.742. The molecule has 8 heteroatoms. The van der Waals surface area contributed by atoms with Gasteiger partial charge in [-0.3, -0.25) is 4.79 Å². The summed E-state index contributed by atoms with van der Waals surface area (Å²) in [6.45, 7) is 0.349. The van der Waals surface area contributed by atoms with Gasteiger partial charge in [0.1, 0.15) is 5.75 Å². The molecule has 7 nitrogen and oxygen atoms in total. The van der Waals surface area contributed by atoms with E-state index < -0.39 is 5.82 Å². The minimum atomic E-state index is -0.517. The number of nitrogens with zero attached hydrogens (tertiary/aromatic N) is 3. The van der Waals surface area contributed by atoms with Crippen molar-refractivity contribution in [2.75, 3.05) is 25.7 Å². The predicted octanol–water partition coefficient (Wildman–Crippen LogP) is 3.41. The van der Waals surface area contributed by atoms with E-state index >= 15 is 0 Å². The lowest BCUT2D eigenvalue weighted by atomic mass is 10.1. The molecule has 0 spiro atoms. The zero-order valence-corrected chi connectivity index (χ0v) is 15.4. The quantitative estimate of drug-likeness (QED) is 0.672. The molecule has 0 bridgehead atoms. The van der Waals surface area contributed by atoms with Gasteiger partial charge in [0.25, 0.3) is 5.89 Å². The molecule has 0 radical (unpaired) electrons. The third-order valence-electron chi connectivity index (χ3n) is 4.70. The molecule has 144 valence electrons. The molecule has 0 saturated carbocycles. The van der Waals surface area contributed by atoms with E-state index in [1.807, 2.05) is 18.2 Å². The molecule has 1 saturated heterocycles. The predicted molar refractivity (Wildman–Crippen MR) is 98.9 cm³/mol. The fourth-order valence-corrected chi connectivity index (χ4v) is 3.23. The third-order valence-corrected chi connectivity index (χ3v) is 4.70. The van der Waals surface area contributed by atoms with Crippen molar-refractivity contribution in [1.29, 1.82) is 0 Å². The van der Waals surface area contributed by atoms with Gasteiger partial charge in [-0.05, 0) is 30.3 Å². The molecule has 1 fully saturated rings. The highest BCUT2D eigenvalue weighted by Gasteiger charge is 2.35. The number of aromatic nitrogens is 2. The minimum Gasteiger partial charge on any atom is -0.497 e. The van der Waals surface area contributed by atoms with Crippen LogP contribution in [0, 0.1) is 5.82 Å². The van der Waals surface area contributed by atoms with E-state index in [0.29, 0.717) is 29.7 Å². The smallest absolute Gasteiger partial charge is 0.258 e. The van der Waals surface area contributed by atoms with E-state index in [2.05, 4.69) is 10.1 Å². The zero-order valence-electron chi connectivity index (χ0n) is 15.4. The largest absolute Gasteiger partial charge is 0.497 e. The molecule has 1 amide bonds. The van der Waals surface area contributed by atoms with Crippen LogP contribution in [0.25, 0.3) is 11.5 Å². The van der Waals surface area contributed by atoms with Crippen molar-refractivity contribution in [2.24, 2.45) is 0 Å². The first kappa shape index (κ1) is 18.0. The highest BCUT2D eigenvalue weighted by Crippen LogP contribution is 2.33. The van der Waals surface area contributed by atoms with Crippen molar-refractivity contribution in [3.05, 3.63) is 54.1 Å². The molecule has 2 heterocycles. The van der Waals surface area contributed by atoms with E-state index in [-0.39, 0.29) is 24.0 Å². The molecule has 1 aliphatic rings. The summed E-state index contributed by atoms with van der Waals surface area (Å²) in [7, 11) is 2.98. The minimum absolute atomic E-state index is 0.123. The molecule has 4 rings (SSSR count). The van der Waals surface area contributed by atoms with Gasteiger partial charge in [0.2, 0.25) is 5.91 Å². The fourth-order valence-electron chi connectivity index (χ4n) is 3.23. The third kappa shape index (κ3) is 3.28. The number of hydrogen-bond acceptors (Lipinski definition) is 6. The van der Waals surface area contributed by atoms with E-state index in [1.54, 1.807) is 19.2 Å². The van der Waals surface area contributed by atoms with E-state index in [1.165, 1.54) is 24.1 Å². The number of carbonyl (C=O) groups excluding carboxylic acids is 1. The lowest BCUT2D eigenvalue weighted by Crippen LogP contribution is -2.24. The Labute approximate surface area is 160 Å². The maximum atomic E-state index is 14.0. The topological polar surface area (TPSA) is 77.7 Å². The number of benzene rings is 2. The van der Waals surface area contributed by atoms with Crippen LogP contribution >= 0.6 is 0 Å². The van der Waals surface area contributed by atoms with Gasteiger partial charge in [-0.2, -0.15) is 4.98 Å². The Morgan fingerprint density at radius 1 is 1.18 bits per heavy atom. The SMILES string of the molecule is COc1cccc(-c2nc(C3CC(=O)N(c4ccc(OC)c(F)c4)C3)no2)c1. The molecule has 28 heavy (non-hydrogen) atoms. The second-order valence-electron chi connectivity index (χ2n) is 6.41. The van der Waals surface area contributed by atoms with Crippen LogP contribution in [0.1, 0.15) is 18.2 Å². The van der Waals surface area contributed by atoms with Crippen molar-refractivity contribution in [3.8, 4) is 23.0 Å². The summed E-state index contributed by atoms with van der Waals surface area (Å²) in [4.78, 5) is 18.4. The monoisotopic (exact) mass is 383 g/mol. The lowest BCUT2D eigenvalue weighted by Gasteiger charge is -2.16. The van der Waals surface area contributed by atoms with Gasteiger partial charge in [-0.15, -0.1) is 0 Å². The molecule has 0 N–H and O–H groups in total. The number of ether oxygens (including phenoxy) is 2. The highest BCUT2D eigenvalue weighted by atomic mass is 19.1. The number of hydrogen-bond donors (Lipinski definition) is 0. The van der Waals surface area contributed by atoms with Crippen molar-refractivity contribution >= 4 is 11.6 Å². The van der Waals surface area contributed by atoms with Crippen LogP contribution in [0.3, 0.4) is 0 Å². The van der Waals surface area contributed by atoms with Gasteiger partial charge in [-0.25, -0.2) is 4.39 Å². The molecule has 1 unspecified atom stereocenters. The van der Waals surface area contributed by atoms with Gasteiger partial charge in [0.15, 0.2) is 17.4 Å². The van der Waals surface area contributed by atoms with Gasteiger partial charge < -0.3 is 18.9 Å². The van der Waals surface area contributed by atoms with Crippen LogP contribution in [-0.2, 0) is 4.79 Å². The summed E-state index contributed by atoms with van der Waals surface area (Å²) < 4.78 is 29.5. The maximum Gasteiger partial charge on any atom is 0.258 e. The summed E-state index contributed by atoms with van der Waals surface area (Å²) in [5, 5.41) is 4.04. The summed E-state index contributed by atoms with van der Waals surface area (Å²) >= 11 is 0. The maximum absolute atomic E-state index is 14.0. The fraction of sp³-hybridized carbons (Fsp3) is 0.250. The summed E-state index contributed by atoms with van der Waals surface area (Å²) in [5.41, 5.74) is 1.21. The molecule has 1 aromatic heterocycles. The Morgan fingerprint density at radius 3 is 2.79 bits per heavy atom. The number of halogens is 1. The number of carbonyl (C=O) groups is 1. The van der Waals surface area contributed by atoms with Crippen LogP contribution in [0.5, 0.6) is 11.5 Å². The average Bonchev–Trinajstić information content (AvgIpc) is 3.35. The molecule has 0 aliphatic carbocycles. The first-order valence-electron chi connectivity index (χ1n) is 8.71. The van der Waals surface area contributed by atoms with Gasteiger partial charge in [0, 0.05) is 36.2 Å². The van der Waals surface area contributed by atoms with Crippen LogP contribution < -0.4 is 14.4 Å². The van der Waals surface area contributed by atoms with E-state index in [0.717, 1.165) is 5.56 Å². The van der Waals surface area contributed by atoms with Crippen LogP contribution in [0.2, 0.25) is 0 Å². The number of rotatable bonds is 5. The zero-order chi connectivity index (χ0) is 19.7. The van der Waals surface area contributed by atoms with Crippen LogP contribution in [0.4, 0.5) is 10.1 Å². The number of anilines is 1. The van der Waals surface area contributed by atoms with Crippen molar-refractivity contribution in [3.63, 3.8) is 0 Å². The van der Waals surface area contributed by atoms with Gasteiger partial charge in [0.05, 0.1) is 14.2 Å². The van der Waals surface area contributed by atoms with E-state index in [9.17, 15) is 9.18 Å². The Hall–Kier alpha value is -3.42. The second-order valence-corrected chi connectivity index (χ2v) is 6.41. The number of methoxy groups -OCH3 is 2. The van der Waals surface area contributed by atoms with Crippen LogP contribution in [0.15, 0.2) is 47.0 Å². The standard InChI is InChI=1S/C20H18FN3O4/c1-26-15-5-3-4-12(8-15)20-22-19(23-28-20)13-9-18(25)24(11-13)14-6-7-17(27-2)16(21)10-14/h3-8,10,13H,9,11H2,1-2H3. The first-order valence-corrected chi connectivity index (χ1v) is 8.71. The normalized spacial score (nSPS) is 16.5. The van der Waals surface area contributed by atoms with Crippen molar-refractivity contribution in [2.45, 2.75) is 12.3 Å². The lowest BCUT2D eigenvalue weighted by molar-refractivity contribution is -0.117. The molecular formula is C20H18FN3O4. The Kier molecular flexibility index (Phi) is 4.68. The van der Waals surface area contributed by atoms with Crippen molar-refractivity contribution < 1.29 is 23.2 Å². The van der Waals surface area contributed by atoms with Crippen LogP contribution in [-0.4, -0.2) is 36.8 Å². The second kappa shape index (κ2) is 7.30. The molecule has 3 aromatic rings. The Balaban J connectivity index is 1.54. The first-order chi connectivity index (χ1) is 13.6. The average molecular weight is 383 g/mol. The Morgan fingerprint density at radius 2 is 2.04 bits per heavy atom. The van der Waals surface area contributed by atoms with E-state index in [4.69, 9.17) is 14.0 Å².